The number of rotatable bonds is 5. The molecule has 1 aromatic carbocycles. The highest BCUT2D eigenvalue weighted by Gasteiger charge is 2.29. The molecule has 5 heteroatoms. The molecule has 3 atom stereocenters. The maximum absolute atomic E-state index is 11.5. The normalized spacial score (nSPS) is 28.2. The lowest BCUT2D eigenvalue weighted by Gasteiger charge is -2.38. The number of nitrogens with zero attached hydrogens (tertiary/aromatic N) is 2. The molecule has 0 saturated carbocycles. The standard InChI is InChI=1S/C20H30N2O3/c1-15-11-21(12-16(2)25-15)14-19-5-4-10-22(19)13-17-6-8-18(9-7-17)20(23)24-3/h6-9,15-16,19H,4-5,10-14H2,1-3H3/t15-,16+,19-/m0/s1. The van der Waals surface area contributed by atoms with E-state index >= 15 is 0 Å². The summed E-state index contributed by atoms with van der Waals surface area (Å²) in [6.07, 6.45) is 3.18. The summed E-state index contributed by atoms with van der Waals surface area (Å²) in [6.45, 7) is 9.61. The monoisotopic (exact) mass is 346 g/mol. The predicted octanol–water partition coefficient (Wildman–Crippen LogP) is 2.55. The number of likely N-dealkylation sites (tertiary alicyclic amines) is 1. The Kier molecular flexibility index (Phi) is 6.10. The maximum Gasteiger partial charge on any atom is 0.337 e. The van der Waals surface area contributed by atoms with Crippen LogP contribution in [0.1, 0.15) is 42.6 Å². The fourth-order valence-electron chi connectivity index (χ4n) is 4.14. The second-order valence-electron chi connectivity index (χ2n) is 7.43. The van der Waals surface area contributed by atoms with Crippen molar-refractivity contribution in [3.63, 3.8) is 0 Å². The van der Waals surface area contributed by atoms with Crippen LogP contribution in [0.4, 0.5) is 0 Å². The summed E-state index contributed by atoms with van der Waals surface area (Å²) >= 11 is 0. The van der Waals surface area contributed by atoms with E-state index in [0.717, 1.165) is 32.7 Å². The quantitative estimate of drug-likeness (QED) is 0.767. The molecule has 0 spiro atoms. The van der Waals surface area contributed by atoms with E-state index in [0.29, 0.717) is 23.8 Å². The van der Waals surface area contributed by atoms with E-state index in [1.807, 2.05) is 24.3 Å². The number of ether oxygens (including phenoxy) is 2. The maximum atomic E-state index is 11.5. The topological polar surface area (TPSA) is 42.0 Å². The van der Waals surface area contributed by atoms with Crippen LogP contribution in [0, 0.1) is 0 Å². The summed E-state index contributed by atoms with van der Waals surface area (Å²) in [5.41, 5.74) is 1.86. The van der Waals surface area contributed by atoms with Gasteiger partial charge in [0.2, 0.25) is 0 Å². The zero-order valence-corrected chi connectivity index (χ0v) is 15.6. The van der Waals surface area contributed by atoms with Gasteiger partial charge in [0.1, 0.15) is 0 Å². The molecule has 0 bridgehead atoms. The van der Waals surface area contributed by atoms with E-state index < -0.39 is 0 Å². The third kappa shape index (κ3) is 4.81. The first-order chi connectivity index (χ1) is 12.0. The molecule has 3 rings (SSSR count). The molecule has 2 saturated heterocycles. The summed E-state index contributed by atoms with van der Waals surface area (Å²) < 4.78 is 10.6. The number of carbonyl (C=O) groups is 1. The van der Waals surface area contributed by atoms with Gasteiger partial charge in [-0.2, -0.15) is 0 Å². The third-order valence-electron chi connectivity index (χ3n) is 5.22. The van der Waals surface area contributed by atoms with Gasteiger partial charge in [0.05, 0.1) is 24.9 Å². The van der Waals surface area contributed by atoms with Crippen molar-refractivity contribution < 1.29 is 14.3 Å². The van der Waals surface area contributed by atoms with Crippen LogP contribution in [0.25, 0.3) is 0 Å². The van der Waals surface area contributed by atoms with Crippen LogP contribution in [0.2, 0.25) is 0 Å². The number of methoxy groups -OCH3 is 1. The van der Waals surface area contributed by atoms with Crippen LogP contribution >= 0.6 is 0 Å². The smallest absolute Gasteiger partial charge is 0.337 e. The van der Waals surface area contributed by atoms with Crippen molar-refractivity contribution in [3.8, 4) is 0 Å². The molecule has 0 aromatic heterocycles. The number of hydrogen-bond acceptors (Lipinski definition) is 5. The van der Waals surface area contributed by atoms with E-state index in [1.165, 1.54) is 25.5 Å². The fourth-order valence-corrected chi connectivity index (χ4v) is 4.14. The fraction of sp³-hybridized carbons (Fsp3) is 0.650. The van der Waals surface area contributed by atoms with Gasteiger partial charge in [-0.05, 0) is 50.9 Å². The molecule has 2 aliphatic heterocycles. The Morgan fingerprint density at radius 3 is 2.52 bits per heavy atom. The van der Waals surface area contributed by atoms with Gasteiger partial charge < -0.3 is 9.47 Å². The number of carbonyl (C=O) groups excluding carboxylic acids is 1. The van der Waals surface area contributed by atoms with E-state index in [1.54, 1.807) is 0 Å². The molecule has 2 fully saturated rings. The molecule has 2 aliphatic rings. The highest BCUT2D eigenvalue weighted by Crippen LogP contribution is 2.23. The van der Waals surface area contributed by atoms with Crippen molar-refractivity contribution in [1.29, 1.82) is 0 Å². The van der Waals surface area contributed by atoms with Crippen molar-refractivity contribution in [2.45, 2.75) is 51.5 Å². The lowest BCUT2D eigenvalue weighted by molar-refractivity contribution is -0.0724. The molecule has 0 radical (unpaired) electrons. The highest BCUT2D eigenvalue weighted by molar-refractivity contribution is 5.89. The molecule has 2 heterocycles. The molecule has 1 aromatic rings. The molecule has 138 valence electrons. The highest BCUT2D eigenvalue weighted by atomic mass is 16.5. The molecule has 25 heavy (non-hydrogen) atoms. The summed E-state index contributed by atoms with van der Waals surface area (Å²) in [7, 11) is 1.42. The van der Waals surface area contributed by atoms with Crippen LogP contribution < -0.4 is 0 Å². The van der Waals surface area contributed by atoms with Crippen molar-refractivity contribution >= 4 is 5.97 Å². The van der Waals surface area contributed by atoms with E-state index in [-0.39, 0.29) is 5.97 Å². The van der Waals surface area contributed by atoms with Crippen LogP contribution in [0.3, 0.4) is 0 Å². The molecule has 0 aliphatic carbocycles. The Balaban J connectivity index is 1.57. The zero-order valence-electron chi connectivity index (χ0n) is 15.6. The van der Waals surface area contributed by atoms with Gasteiger partial charge in [-0.1, -0.05) is 12.1 Å². The second kappa shape index (κ2) is 8.30. The summed E-state index contributed by atoms with van der Waals surface area (Å²) in [5.74, 6) is -0.277. The van der Waals surface area contributed by atoms with Crippen molar-refractivity contribution in [3.05, 3.63) is 35.4 Å². The van der Waals surface area contributed by atoms with Gasteiger partial charge >= 0.3 is 5.97 Å². The minimum absolute atomic E-state index is 0.277. The van der Waals surface area contributed by atoms with Crippen LogP contribution in [-0.4, -0.2) is 67.3 Å². The first kappa shape index (κ1) is 18.4. The summed E-state index contributed by atoms with van der Waals surface area (Å²) in [5, 5.41) is 0. The molecular weight excluding hydrogens is 316 g/mol. The Labute approximate surface area is 150 Å². The zero-order chi connectivity index (χ0) is 17.8. The summed E-state index contributed by atoms with van der Waals surface area (Å²) in [4.78, 5) is 16.7. The lowest BCUT2D eigenvalue weighted by atomic mass is 10.1. The SMILES string of the molecule is COC(=O)c1ccc(CN2CCC[C@H]2CN2C[C@@H](C)O[C@@H](C)C2)cc1. The minimum atomic E-state index is -0.277. The first-order valence-corrected chi connectivity index (χ1v) is 9.34. The second-order valence-corrected chi connectivity index (χ2v) is 7.43. The minimum Gasteiger partial charge on any atom is -0.465 e. The van der Waals surface area contributed by atoms with E-state index in [4.69, 9.17) is 9.47 Å². The average molecular weight is 346 g/mol. The van der Waals surface area contributed by atoms with Gasteiger partial charge in [-0.15, -0.1) is 0 Å². The van der Waals surface area contributed by atoms with Gasteiger partial charge in [-0.3, -0.25) is 9.80 Å². The molecule has 0 N–H and O–H groups in total. The predicted molar refractivity (Wildman–Crippen MR) is 97.7 cm³/mol. The number of hydrogen-bond donors (Lipinski definition) is 0. The van der Waals surface area contributed by atoms with Gasteiger partial charge in [0.15, 0.2) is 0 Å². The Morgan fingerprint density at radius 2 is 1.88 bits per heavy atom. The number of benzene rings is 1. The molecule has 5 nitrogen and oxygen atoms in total. The third-order valence-corrected chi connectivity index (χ3v) is 5.22. The van der Waals surface area contributed by atoms with Gasteiger partial charge in [-0.25, -0.2) is 4.79 Å². The van der Waals surface area contributed by atoms with Crippen molar-refractivity contribution in [2.75, 3.05) is 33.3 Å². The number of morpholine rings is 1. The average Bonchev–Trinajstić information content (AvgIpc) is 3.00. The largest absolute Gasteiger partial charge is 0.465 e. The lowest BCUT2D eigenvalue weighted by Crippen LogP contribution is -2.50. The first-order valence-electron chi connectivity index (χ1n) is 9.34. The van der Waals surface area contributed by atoms with Crippen molar-refractivity contribution in [1.82, 2.24) is 9.80 Å². The summed E-state index contributed by atoms with van der Waals surface area (Å²) in [6, 6.07) is 8.41. The van der Waals surface area contributed by atoms with Gasteiger partial charge in [0.25, 0.3) is 0 Å². The Bertz CT molecular complexity index is 565. The van der Waals surface area contributed by atoms with Crippen LogP contribution in [0.15, 0.2) is 24.3 Å². The number of esters is 1. The van der Waals surface area contributed by atoms with Gasteiger partial charge in [0, 0.05) is 32.2 Å². The van der Waals surface area contributed by atoms with Crippen LogP contribution in [-0.2, 0) is 16.0 Å². The van der Waals surface area contributed by atoms with Crippen LogP contribution in [0.5, 0.6) is 0 Å². The Morgan fingerprint density at radius 1 is 1.20 bits per heavy atom. The molecule has 0 unspecified atom stereocenters. The van der Waals surface area contributed by atoms with Crippen molar-refractivity contribution in [2.24, 2.45) is 0 Å². The Hall–Kier alpha value is -1.43. The van der Waals surface area contributed by atoms with E-state index in [2.05, 4.69) is 23.6 Å². The molecule has 0 amide bonds. The molecular formula is C20H30N2O3. The van der Waals surface area contributed by atoms with E-state index in [9.17, 15) is 4.79 Å².